The molecule has 0 spiro atoms. The summed E-state index contributed by atoms with van der Waals surface area (Å²) in [6.45, 7) is 1.90. The van der Waals surface area contributed by atoms with Crippen LogP contribution in [-0.4, -0.2) is 15.9 Å². The van der Waals surface area contributed by atoms with Gasteiger partial charge in [-0.15, -0.1) is 0 Å². The molecule has 0 aliphatic heterocycles. The SMILES string of the molecule is C[C@H](NC(=O)CCc1nc2ccccc2c(=O)[nH]1)c1cccc(Cl)c1. The van der Waals surface area contributed by atoms with E-state index in [-0.39, 0.29) is 23.9 Å². The minimum absolute atomic E-state index is 0.108. The van der Waals surface area contributed by atoms with Crippen molar-refractivity contribution in [3.63, 3.8) is 0 Å². The third kappa shape index (κ3) is 4.25. The lowest BCUT2D eigenvalue weighted by molar-refractivity contribution is -0.121. The van der Waals surface area contributed by atoms with E-state index in [4.69, 9.17) is 11.6 Å². The van der Waals surface area contributed by atoms with Gasteiger partial charge in [0.1, 0.15) is 5.82 Å². The smallest absolute Gasteiger partial charge is 0.258 e. The van der Waals surface area contributed by atoms with Gasteiger partial charge in [0, 0.05) is 17.9 Å². The molecule has 5 nitrogen and oxygen atoms in total. The van der Waals surface area contributed by atoms with E-state index in [1.165, 1.54) is 0 Å². The van der Waals surface area contributed by atoms with Crippen molar-refractivity contribution in [2.75, 3.05) is 0 Å². The number of H-pyrrole nitrogens is 1. The molecule has 25 heavy (non-hydrogen) atoms. The van der Waals surface area contributed by atoms with Crippen molar-refractivity contribution in [3.05, 3.63) is 75.3 Å². The van der Waals surface area contributed by atoms with Crippen molar-refractivity contribution in [2.24, 2.45) is 0 Å². The number of amides is 1. The van der Waals surface area contributed by atoms with Crippen LogP contribution in [0.4, 0.5) is 0 Å². The number of halogens is 1. The second kappa shape index (κ2) is 7.49. The minimum Gasteiger partial charge on any atom is -0.350 e. The van der Waals surface area contributed by atoms with Crippen LogP contribution in [0.25, 0.3) is 10.9 Å². The fourth-order valence-electron chi connectivity index (χ4n) is 2.66. The Morgan fingerprint density at radius 3 is 2.84 bits per heavy atom. The van der Waals surface area contributed by atoms with Crippen molar-refractivity contribution in [1.29, 1.82) is 0 Å². The zero-order valence-corrected chi connectivity index (χ0v) is 14.5. The number of para-hydroxylation sites is 1. The molecule has 2 aromatic carbocycles. The van der Waals surface area contributed by atoms with Gasteiger partial charge in [0.05, 0.1) is 16.9 Å². The van der Waals surface area contributed by atoms with Crippen LogP contribution in [0.5, 0.6) is 0 Å². The third-order valence-electron chi connectivity index (χ3n) is 3.98. The predicted octanol–water partition coefficient (Wildman–Crippen LogP) is 3.39. The highest BCUT2D eigenvalue weighted by atomic mass is 35.5. The van der Waals surface area contributed by atoms with E-state index in [2.05, 4.69) is 15.3 Å². The number of aromatic amines is 1. The fourth-order valence-corrected chi connectivity index (χ4v) is 2.86. The first-order valence-corrected chi connectivity index (χ1v) is 8.43. The van der Waals surface area contributed by atoms with Gasteiger partial charge in [0.15, 0.2) is 0 Å². The lowest BCUT2D eigenvalue weighted by Crippen LogP contribution is -2.27. The van der Waals surface area contributed by atoms with Gasteiger partial charge in [-0.05, 0) is 36.8 Å². The molecular formula is C19H18ClN3O2. The van der Waals surface area contributed by atoms with Crippen LogP contribution >= 0.6 is 11.6 Å². The van der Waals surface area contributed by atoms with Crippen molar-refractivity contribution in [2.45, 2.75) is 25.8 Å². The minimum atomic E-state index is -0.187. The van der Waals surface area contributed by atoms with Crippen LogP contribution in [0.2, 0.25) is 5.02 Å². The maximum Gasteiger partial charge on any atom is 0.258 e. The summed E-state index contributed by atoms with van der Waals surface area (Å²) < 4.78 is 0. The number of carbonyl (C=O) groups is 1. The molecular weight excluding hydrogens is 338 g/mol. The van der Waals surface area contributed by atoms with E-state index in [0.29, 0.717) is 28.2 Å². The fraction of sp³-hybridized carbons (Fsp3) is 0.211. The molecule has 0 saturated heterocycles. The van der Waals surface area contributed by atoms with Gasteiger partial charge in [-0.1, -0.05) is 35.9 Å². The van der Waals surface area contributed by atoms with E-state index in [0.717, 1.165) is 5.56 Å². The molecule has 1 aromatic heterocycles. The number of hydrogen-bond donors (Lipinski definition) is 2. The molecule has 6 heteroatoms. The molecule has 3 rings (SSSR count). The van der Waals surface area contributed by atoms with Crippen molar-refractivity contribution in [1.82, 2.24) is 15.3 Å². The number of nitrogens with one attached hydrogen (secondary N) is 2. The molecule has 0 radical (unpaired) electrons. The molecule has 128 valence electrons. The lowest BCUT2D eigenvalue weighted by atomic mass is 10.1. The van der Waals surface area contributed by atoms with Crippen LogP contribution in [0.1, 0.15) is 30.8 Å². The van der Waals surface area contributed by atoms with Crippen LogP contribution < -0.4 is 10.9 Å². The summed E-state index contributed by atoms with van der Waals surface area (Å²) in [5.74, 6) is 0.401. The summed E-state index contributed by atoms with van der Waals surface area (Å²) in [7, 11) is 0. The van der Waals surface area contributed by atoms with E-state index in [1.54, 1.807) is 24.3 Å². The van der Waals surface area contributed by atoms with Crippen LogP contribution in [0.3, 0.4) is 0 Å². The molecule has 0 saturated carbocycles. The highest BCUT2D eigenvalue weighted by Crippen LogP contribution is 2.17. The van der Waals surface area contributed by atoms with Crippen LogP contribution in [-0.2, 0) is 11.2 Å². The number of rotatable bonds is 5. The van der Waals surface area contributed by atoms with Gasteiger partial charge in [0.2, 0.25) is 5.91 Å². The zero-order valence-electron chi connectivity index (χ0n) is 13.8. The van der Waals surface area contributed by atoms with Gasteiger partial charge < -0.3 is 10.3 Å². The Morgan fingerprint density at radius 1 is 1.24 bits per heavy atom. The normalized spacial score (nSPS) is 12.1. The number of nitrogens with zero attached hydrogens (tertiary/aromatic N) is 1. The first-order valence-electron chi connectivity index (χ1n) is 8.05. The van der Waals surface area contributed by atoms with Crippen LogP contribution in [0, 0.1) is 0 Å². The molecule has 3 aromatic rings. The largest absolute Gasteiger partial charge is 0.350 e. The van der Waals surface area contributed by atoms with Gasteiger partial charge in [-0.25, -0.2) is 4.98 Å². The number of benzene rings is 2. The highest BCUT2D eigenvalue weighted by molar-refractivity contribution is 6.30. The number of carbonyl (C=O) groups excluding carboxylic acids is 1. The van der Waals surface area contributed by atoms with E-state index in [1.807, 2.05) is 31.2 Å². The summed E-state index contributed by atoms with van der Waals surface area (Å²) in [5.41, 5.74) is 1.39. The monoisotopic (exact) mass is 355 g/mol. The van der Waals surface area contributed by atoms with Gasteiger partial charge >= 0.3 is 0 Å². The van der Waals surface area contributed by atoms with Crippen molar-refractivity contribution >= 4 is 28.4 Å². The average molecular weight is 356 g/mol. The second-order valence-electron chi connectivity index (χ2n) is 5.87. The average Bonchev–Trinajstić information content (AvgIpc) is 2.60. The first kappa shape index (κ1) is 17.2. The van der Waals surface area contributed by atoms with Gasteiger partial charge in [0.25, 0.3) is 5.56 Å². The Balaban J connectivity index is 1.63. The summed E-state index contributed by atoms with van der Waals surface area (Å²) in [4.78, 5) is 31.3. The lowest BCUT2D eigenvalue weighted by Gasteiger charge is -2.14. The molecule has 0 aliphatic rings. The quantitative estimate of drug-likeness (QED) is 0.736. The topological polar surface area (TPSA) is 74.8 Å². The maximum atomic E-state index is 12.2. The molecule has 1 heterocycles. The summed E-state index contributed by atoms with van der Waals surface area (Å²) in [6.07, 6.45) is 0.611. The standard InChI is InChI=1S/C19H18ClN3O2/c1-12(13-5-4-6-14(20)11-13)21-18(24)10-9-17-22-16-8-3-2-7-15(16)19(25)23-17/h2-8,11-12H,9-10H2,1H3,(H,21,24)(H,22,23,25)/t12-/m0/s1. The molecule has 0 unspecified atom stereocenters. The Kier molecular flexibility index (Phi) is 5.14. The molecule has 1 amide bonds. The third-order valence-corrected chi connectivity index (χ3v) is 4.21. The molecule has 0 bridgehead atoms. The van der Waals surface area contributed by atoms with Crippen molar-refractivity contribution in [3.8, 4) is 0 Å². The van der Waals surface area contributed by atoms with E-state index < -0.39 is 0 Å². The zero-order chi connectivity index (χ0) is 17.8. The number of fused-ring (bicyclic) bond motifs is 1. The number of aryl methyl sites for hydroxylation is 1. The molecule has 2 N–H and O–H groups in total. The van der Waals surface area contributed by atoms with Gasteiger partial charge in [-0.2, -0.15) is 0 Å². The van der Waals surface area contributed by atoms with E-state index >= 15 is 0 Å². The highest BCUT2D eigenvalue weighted by Gasteiger charge is 2.11. The molecule has 0 fully saturated rings. The summed E-state index contributed by atoms with van der Waals surface area (Å²) >= 11 is 5.97. The Bertz CT molecular complexity index is 968. The molecule has 0 aliphatic carbocycles. The Hall–Kier alpha value is -2.66. The summed E-state index contributed by atoms with van der Waals surface area (Å²) in [5, 5.41) is 4.11. The van der Waals surface area contributed by atoms with E-state index in [9.17, 15) is 9.59 Å². The summed E-state index contributed by atoms with van der Waals surface area (Å²) in [6, 6.07) is 14.4. The predicted molar refractivity (Wildman–Crippen MR) is 98.7 cm³/mol. The molecule has 1 atom stereocenters. The van der Waals surface area contributed by atoms with Crippen LogP contribution in [0.15, 0.2) is 53.3 Å². The first-order chi connectivity index (χ1) is 12.0. The van der Waals surface area contributed by atoms with Crippen molar-refractivity contribution < 1.29 is 4.79 Å². The van der Waals surface area contributed by atoms with Gasteiger partial charge in [-0.3, -0.25) is 9.59 Å². The Morgan fingerprint density at radius 2 is 2.04 bits per heavy atom. The second-order valence-corrected chi connectivity index (χ2v) is 6.31. The Labute approximate surface area is 150 Å². The number of hydrogen-bond acceptors (Lipinski definition) is 3. The number of aromatic nitrogens is 2. The maximum absolute atomic E-state index is 12.2.